The molecule has 0 saturated heterocycles. The summed E-state index contributed by atoms with van der Waals surface area (Å²) in [6.07, 6.45) is 0. The van der Waals surface area contributed by atoms with Crippen molar-refractivity contribution in [3.63, 3.8) is 0 Å². The highest BCUT2D eigenvalue weighted by atomic mass is 127. The Hall–Kier alpha value is -2.13. The number of hydrogen-bond donors (Lipinski definition) is 2. The van der Waals surface area contributed by atoms with Crippen LogP contribution in [-0.4, -0.2) is 20.7 Å². The molecule has 1 unspecified atom stereocenters. The van der Waals surface area contributed by atoms with Crippen LogP contribution >= 0.6 is 35.6 Å². The Morgan fingerprint density at radius 2 is 1.79 bits per heavy atom. The van der Waals surface area contributed by atoms with Crippen molar-refractivity contribution in [3.05, 3.63) is 82.4 Å². The molecule has 3 rings (SSSR count). The van der Waals surface area contributed by atoms with Gasteiger partial charge >= 0.3 is 0 Å². The Balaban J connectivity index is 0.00000300. The van der Waals surface area contributed by atoms with Gasteiger partial charge in [0.25, 0.3) is 0 Å². The third-order valence-corrected chi connectivity index (χ3v) is 4.98. The van der Waals surface area contributed by atoms with Crippen LogP contribution < -0.4 is 10.6 Å². The second-order valence-electron chi connectivity index (χ2n) is 6.61. The molecular weight excluding hydrogens is 499 g/mol. The Bertz CT molecular complexity index is 941. The van der Waals surface area contributed by atoms with E-state index in [2.05, 4.69) is 39.9 Å². The first-order chi connectivity index (χ1) is 13.5. The van der Waals surface area contributed by atoms with Gasteiger partial charge in [-0.05, 0) is 31.0 Å². The number of aliphatic imine (C=N–C) groups is 1. The third kappa shape index (κ3) is 6.43. The summed E-state index contributed by atoms with van der Waals surface area (Å²) in [6, 6.07) is 18.1. The molecule has 0 saturated carbocycles. The summed E-state index contributed by atoms with van der Waals surface area (Å²) >= 11 is 6.27. The van der Waals surface area contributed by atoms with Crippen LogP contribution in [0, 0.1) is 6.92 Å². The number of halogens is 2. The van der Waals surface area contributed by atoms with Crippen LogP contribution in [0.4, 0.5) is 0 Å². The van der Waals surface area contributed by atoms with E-state index < -0.39 is 0 Å². The number of guanidine groups is 1. The summed E-state index contributed by atoms with van der Waals surface area (Å²) in [6.45, 7) is 5.04. The Labute approximate surface area is 193 Å². The molecule has 0 aliphatic heterocycles. The van der Waals surface area contributed by atoms with Crippen LogP contribution in [0.3, 0.4) is 0 Å². The van der Waals surface area contributed by atoms with Gasteiger partial charge in [-0.25, -0.2) is 4.99 Å². The zero-order valence-corrected chi connectivity index (χ0v) is 19.8. The summed E-state index contributed by atoms with van der Waals surface area (Å²) < 4.78 is 1.96. The van der Waals surface area contributed by atoms with Crippen molar-refractivity contribution in [2.45, 2.75) is 33.0 Å². The average Bonchev–Trinajstić information content (AvgIpc) is 3.03. The first kappa shape index (κ1) is 23.2. The van der Waals surface area contributed by atoms with Crippen LogP contribution in [0.15, 0.2) is 59.6 Å². The molecule has 0 spiro atoms. The highest BCUT2D eigenvalue weighted by Crippen LogP contribution is 2.16. The maximum Gasteiger partial charge on any atom is 0.192 e. The molecule has 0 aliphatic carbocycles. The van der Waals surface area contributed by atoms with Crippen LogP contribution in [-0.2, 0) is 20.1 Å². The zero-order chi connectivity index (χ0) is 19.9. The second-order valence-corrected chi connectivity index (χ2v) is 7.02. The van der Waals surface area contributed by atoms with Gasteiger partial charge in [0.2, 0.25) is 0 Å². The lowest BCUT2D eigenvalue weighted by Crippen LogP contribution is -2.39. The first-order valence-corrected chi connectivity index (χ1v) is 9.60. The van der Waals surface area contributed by atoms with E-state index >= 15 is 0 Å². The standard InChI is InChI=1S/C21H25ClN6.HI/c1-15(17-9-5-4-6-10-17)25-21(23-13-18-11-7-8-12-19(18)22)24-14-20-27-26-16(2)28(20)3;/h4-12,15H,13-14H2,1-3H3,(H2,23,24,25);1H. The molecule has 6 nitrogen and oxygen atoms in total. The molecule has 0 aliphatic rings. The van der Waals surface area contributed by atoms with Gasteiger partial charge in [0.15, 0.2) is 11.8 Å². The smallest absolute Gasteiger partial charge is 0.192 e. The minimum absolute atomic E-state index is 0. The normalized spacial score (nSPS) is 12.2. The summed E-state index contributed by atoms with van der Waals surface area (Å²) in [4.78, 5) is 4.72. The number of rotatable bonds is 6. The topological polar surface area (TPSA) is 67.1 Å². The van der Waals surface area contributed by atoms with Gasteiger partial charge in [-0.2, -0.15) is 0 Å². The fourth-order valence-corrected chi connectivity index (χ4v) is 2.94. The van der Waals surface area contributed by atoms with Crippen molar-refractivity contribution >= 4 is 41.5 Å². The molecular formula is C21H26ClIN6. The Kier molecular flexibility index (Phi) is 8.91. The average molecular weight is 525 g/mol. The molecule has 0 amide bonds. The van der Waals surface area contributed by atoms with Crippen molar-refractivity contribution < 1.29 is 0 Å². The third-order valence-electron chi connectivity index (χ3n) is 4.61. The van der Waals surface area contributed by atoms with Gasteiger partial charge in [-0.1, -0.05) is 60.1 Å². The summed E-state index contributed by atoms with van der Waals surface area (Å²) in [5, 5.41) is 15.8. The monoisotopic (exact) mass is 524 g/mol. The lowest BCUT2D eigenvalue weighted by molar-refractivity contribution is 0.664. The predicted octanol–water partition coefficient (Wildman–Crippen LogP) is 4.39. The molecule has 29 heavy (non-hydrogen) atoms. The molecule has 1 heterocycles. The molecule has 1 atom stereocenters. The highest BCUT2D eigenvalue weighted by Gasteiger charge is 2.10. The van der Waals surface area contributed by atoms with Crippen LogP contribution in [0.25, 0.3) is 0 Å². The van der Waals surface area contributed by atoms with E-state index in [-0.39, 0.29) is 30.0 Å². The molecule has 2 N–H and O–H groups in total. The van der Waals surface area contributed by atoms with Gasteiger partial charge in [0, 0.05) is 12.1 Å². The number of aromatic nitrogens is 3. The van der Waals surface area contributed by atoms with E-state index in [0.29, 0.717) is 24.1 Å². The van der Waals surface area contributed by atoms with Gasteiger partial charge < -0.3 is 15.2 Å². The molecule has 0 fully saturated rings. The molecule has 3 aromatic rings. The minimum Gasteiger partial charge on any atom is -0.350 e. The highest BCUT2D eigenvalue weighted by molar-refractivity contribution is 14.0. The fraction of sp³-hybridized carbons (Fsp3) is 0.286. The van der Waals surface area contributed by atoms with Gasteiger partial charge in [0.1, 0.15) is 5.82 Å². The zero-order valence-electron chi connectivity index (χ0n) is 16.8. The van der Waals surface area contributed by atoms with Crippen molar-refractivity contribution in [3.8, 4) is 0 Å². The van der Waals surface area contributed by atoms with E-state index in [1.807, 2.05) is 61.0 Å². The molecule has 8 heteroatoms. The first-order valence-electron chi connectivity index (χ1n) is 9.22. The van der Waals surface area contributed by atoms with Crippen molar-refractivity contribution in [1.29, 1.82) is 0 Å². The quantitative estimate of drug-likeness (QED) is 0.285. The van der Waals surface area contributed by atoms with Crippen LogP contribution in [0.2, 0.25) is 5.02 Å². The summed E-state index contributed by atoms with van der Waals surface area (Å²) in [5.74, 6) is 2.41. The molecule has 0 radical (unpaired) electrons. The van der Waals surface area contributed by atoms with Crippen LogP contribution in [0.1, 0.15) is 35.7 Å². The second kappa shape index (κ2) is 11.2. The van der Waals surface area contributed by atoms with Crippen molar-refractivity contribution in [2.24, 2.45) is 12.0 Å². The lowest BCUT2D eigenvalue weighted by Gasteiger charge is -2.19. The van der Waals surface area contributed by atoms with Crippen molar-refractivity contribution in [2.75, 3.05) is 0 Å². The number of aryl methyl sites for hydroxylation is 1. The predicted molar refractivity (Wildman–Crippen MR) is 129 cm³/mol. The summed E-state index contributed by atoms with van der Waals surface area (Å²) in [7, 11) is 1.95. The molecule has 1 aromatic heterocycles. The molecule has 2 aromatic carbocycles. The Morgan fingerprint density at radius 3 is 2.45 bits per heavy atom. The minimum atomic E-state index is 0. The van der Waals surface area contributed by atoms with E-state index in [0.717, 1.165) is 17.2 Å². The number of hydrogen-bond acceptors (Lipinski definition) is 3. The van der Waals surface area contributed by atoms with Crippen LogP contribution in [0.5, 0.6) is 0 Å². The molecule has 154 valence electrons. The van der Waals surface area contributed by atoms with E-state index in [1.54, 1.807) is 0 Å². The number of nitrogens with zero attached hydrogens (tertiary/aromatic N) is 4. The SMILES string of the molecule is Cc1nnc(CNC(=NCc2ccccc2Cl)NC(C)c2ccccc2)n1C.I. The van der Waals surface area contributed by atoms with Gasteiger partial charge in [0.05, 0.1) is 19.1 Å². The maximum absolute atomic E-state index is 6.27. The Morgan fingerprint density at radius 1 is 1.10 bits per heavy atom. The van der Waals surface area contributed by atoms with Gasteiger partial charge in [-0.15, -0.1) is 34.2 Å². The van der Waals surface area contributed by atoms with Crippen molar-refractivity contribution in [1.82, 2.24) is 25.4 Å². The molecule has 0 bridgehead atoms. The lowest BCUT2D eigenvalue weighted by atomic mass is 10.1. The van der Waals surface area contributed by atoms with E-state index in [9.17, 15) is 0 Å². The van der Waals surface area contributed by atoms with E-state index in [4.69, 9.17) is 16.6 Å². The fourth-order valence-electron chi connectivity index (χ4n) is 2.74. The van der Waals surface area contributed by atoms with E-state index in [1.165, 1.54) is 5.56 Å². The summed E-state index contributed by atoms with van der Waals surface area (Å²) in [5.41, 5.74) is 2.16. The maximum atomic E-state index is 6.27. The number of nitrogens with one attached hydrogen (secondary N) is 2. The largest absolute Gasteiger partial charge is 0.350 e. The van der Waals surface area contributed by atoms with Gasteiger partial charge in [-0.3, -0.25) is 0 Å². The number of benzene rings is 2.